The van der Waals surface area contributed by atoms with E-state index < -0.39 is 35.5 Å². The molecule has 7 heteroatoms. The maximum absolute atomic E-state index is 13.3. The van der Waals surface area contributed by atoms with Crippen molar-refractivity contribution in [3.05, 3.63) is 23.6 Å². The number of ether oxygens (including phenoxy) is 2. The first kappa shape index (κ1) is 27.5. The third-order valence-corrected chi connectivity index (χ3v) is 5.78. The summed E-state index contributed by atoms with van der Waals surface area (Å²) in [5.74, 6) is 2.14. The van der Waals surface area contributed by atoms with Crippen LogP contribution in [0.4, 0.5) is 4.79 Å². The van der Waals surface area contributed by atoms with Crippen molar-refractivity contribution in [1.29, 1.82) is 0 Å². The molecular weight excluding hydrogens is 406 g/mol. The van der Waals surface area contributed by atoms with Gasteiger partial charge in [0.25, 0.3) is 0 Å². The topological polar surface area (TPSA) is 72.2 Å². The molecule has 5 atom stereocenters. The molecule has 1 saturated heterocycles. The van der Waals surface area contributed by atoms with Crippen LogP contribution in [0.2, 0.25) is 0 Å². The van der Waals surface area contributed by atoms with Crippen molar-refractivity contribution in [2.45, 2.75) is 103 Å². The summed E-state index contributed by atoms with van der Waals surface area (Å²) in [6.07, 6.45) is 10.4. The third kappa shape index (κ3) is 7.00. The van der Waals surface area contributed by atoms with Crippen molar-refractivity contribution in [1.82, 2.24) is 10.2 Å². The van der Waals surface area contributed by atoms with Gasteiger partial charge in [0.2, 0.25) is 5.91 Å². The number of amides is 2. The number of allylic oxidation sites excluding steroid dienone is 1. The van der Waals surface area contributed by atoms with Crippen LogP contribution in [0.5, 0.6) is 0 Å². The van der Waals surface area contributed by atoms with E-state index in [0.29, 0.717) is 19.3 Å². The van der Waals surface area contributed by atoms with E-state index in [1.807, 2.05) is 32.9 Å². The standard InChI is InChI=1S/C25H39N3O4/c1-10-13-15-20(29)27-22(25(7,31-9)16-12-3)21-18(14-11-2)17-19(26-8)28(21)23(30)32-24(4,5)6/h1,11,14,18-19,21-22H,12-13,15-17H2,2-7,9H3,(H,27,29)/b14-11-/t18-,19-,21-,22-,25+/m1/s1. The number of rotatable bonds is 9. The number of terminal acetylenes is 1. The first-order valence-electron chi connectivity index (χ1n) is 11.3. The second kappa shape index (κ2) is 11.9. The van der Waals surface area contributed by atoms with E-state index in [-0.39, 0.29) is 18.2 Å². The molecule has 1 aliphatic rings. The van der Waals surface area contributed by atoms with E-state index in [1.165, 1.54) is 4.90 Å². The fraction of sp³-hybridized carbons (Fsp3) is 0.720. The Balaban J connectivity index is 3.57. The van der Waals surface area contributed by atoms with Crippen LogP contribution in [0.15, 0.2) is 12.2 Å². The summed E-state index contributed by atoms with van der Waals surface area (Å²) >= 11 is 0. The number of likely N-dealkylation sites (tertiary alicyclic amines) is 1. The van der Waals surface area contributed by atoms with Gasteiger partial charge < -0.3 is 14.8 Å². The van der Waals surface area contributed by atoms with Gasteiger partial charge in [-0.3, -0.25) is 9.64 Å². The predicted molar refractivity (Wildman–Crippen MR) is 125 cm³/mol. The van der Waals surface area contributed by atoms with Crippen LogP contribution in [0.1, 0.15) is 73.6 Å². The monoisotopic (exact) mass is 445 g/mol. The number of methoxy groups -OCH3 is 1. The minimum atomic E-state index is -0.762. The molecule has 1 N–H and O–H groups in total. The molecule has 0 bridgehead atoms. The molecule has 0 aromatic heterocycles. The summed E-state index contributed by atoms with van der Waals surface area (Å²) in [5, 5.41) is 3.11. The predicted octanol–water partition coefficient (Wildman–Crippen LogP) is 4.54. The fourth-order valence-corrected chi connectivity index (χ4v) is 4.33. The van der Waals surface area contributed by atoms with E-state index in [1.54, 1.807) is 27.9 Å². The maximum Gasteiger partial charge on any atom is 0.416 e. The van der Waals surface area contributed by atoms with Crippen LogP contribution >= 0.6 is 0 Å². The van der Waals surface area contributed by atoms with Crippen molar-refractivity contribution < 1.29 is 19.1 Å². The molecular formula is C25H39N3O4. The van der Waals surface area contributed by atoms with E-state index in [9.17, 15) is 9.59 Å². The molecule has 0 aromatic carbocycles. The first-order valence-corrected chi connectivity index (χ1v) is 11.3. The highest BCUT2D eigenvalue weighted by molar-refractivity contribution is 5.77. The smallest absolute Gasteiger partial charge is 0.416 e. The summed E-state index contributed by atoms with van der Waals surface area (Å²) in [5.41, 5.74) is -1.48. The van der Waals surface area contributed by atoms with E-state index in [4.69, 9.17) is 22.5 Å². The summed E-state index contributed by atoms with van der Waals surface area (Å²) in [7, 11) is 1.61. The van der Waals surface area contributed by atoms with Gasteiger partial charge in [0, 0.05) is 25.9 Å². The van der Waals surface area contributed by atoms with Gasteiger partial charge in [-0.2, -0.15) is 0 Å². The Morgan fingerprint density at radius 2 is 2.03 bits per heavy atom. The minimum Gasteiger partial charge on any atom is -0.444 e. The van der Waals surface area contributed by atoms with Crippen molar-refractivity contribution >= 4 is 12.0 Å². The van der Waals surface area contributed by atoms with Gasteiger partial charge in [-0.25, -0.2) is 16.3 Å². The first-order chi connectivity index (χ1) is 15.0. The van der Waals surface area contributed by atoms with Crippen molar-refractivity contribution in [3.63, 3.8) is 0 Å². The van der Waals surface area contributed by atoms with Crippen LogP contribution in [0.3, 0.4) is 0 Å². The van der Waals surface area contributed by atoms with Crippen molar-refractivity contribution in [2.24, 2.45) is 5.92 Å². The number of carbonyl (C=O) groups is 2. The molecule has 0 unspecified atom stereocenters. The number of nitrogens with zero attached hydrogens (tertiary/aromatic N) is 2. The van der Waals surface area contributed by atoms with Gasteiger partial charge in [0.15, 0.2) is 0 Å². The summed E-state index contributed by atoms with van der Waals surface area (Å²) in [6, 6.07) is -1.07. The van der Waals surface area contributed by atoms with Gasteiger partial charge >= 0.3 is 12.3 Å². The van der Waals surface area contributed by atoms with Crippen LogP contribution in [-0.4, -0.2) is 53.5 Å². The molecule has 0 spiro atoms. The second-order valence-corrected chi connectivity index (χ2v) is 9.43. The number of hydrogen-bond acceptors (Lipinski definition) is 4. The van der Waals surface area contributed by atoms with Crippen molar-refractivity contribution in [2.75, 3.05) is 7.11 Å². The van der Waals surface area contributed by atoms with Crippen LogP contribution < -0.4 is 5.32 Å². The van der Waals surface area contributed by atoms with Crippen molar-refractivity contribution in [3.8, 4) is 12.3 Å². The minimum absolute atomic E-state index is 0.143. The maximum atomic E-state index is 13.3. The number of carbonyl (C=O) groups excluding carboxylic acids is 2. The molecule has 1 rings (SSSR count). The lowest BCUT2D eigenvalue weighted by molar-refractivity contribution is -0.127. The molecule has 1 aliphatic heterocycles. The highest BCUT2D eigenvalue weighted by Crippen LogP contribution is 2.39. The number of nitrogens with one attached hydrogen (secondary N) is 1. The van der Waals surface area contributed by atoms with Crippen LogP contribution in [-0.2, 0) is 14.3 Å². The summed E-state index contributed by atoms with van der Waals surface area (Å²) in [6.45, 7) is 19.0. The molecule has 1 fully saturated rings. The second-order valence-electron chi connectivity index (χ2n) is 9.43. The Hall–Kier alpha value is -2.51. The molecule has 2 amide bonds. The van der Waals surface area contributed by atoms with Gasteiger partial charge in [-0.15, -0.1) is 12.3 Å². The average molecular weight is 446 g/mol. The third-order valence-electron chi connectivity index (χ3n) is 5.78. The summed E-state index contributed by atoms with van der Waals surface area (Å²) in [4.78, 5) is 31.3. The molecule has 0 aliphatic carbocycles. The van der Waals surface area contributed by atoms with Gasteiger partial charge in [0.05, 0.1) is 24.1 Å². The molecule has 1 heterocycles. The average Bonchev–Trinajstić information content (AvgIpc) is 3.07. The zero-order valence-electron chi connectivity index (χ0n) is 20.6. The Bertz CT molecular complexity index is 759. The van der Waals surface area contributed by atoms with E-state index in [0.717, 1.165) is 6.42 Å². The highest BCUT2D eigenvalue weighted by Gasteiger charge is 2.55. The lowest BCUT2D eigenvalue weighted by Gasteiger charge is -2.44. The Morgan fingerprint density at radius 1 is 1.38 bits per heavy atom. The largest absolute Gasteiger partial charge is 0.444 e. The molecule has 7 nitrogen and oxygen atoms in total. The summed E-state index contributed by atoms with van der Waals surface area (Å²) < 4.78 is 11.6. The quantitative estimate of drug-likeness (QED) is 0.321. The Morgan fingerprint density at radius 3 is 2.50 bits per heavy atom. The fourth-order valence-electron chi connectivity index (χ4n) is 4.33. The highest BCUT2D eigenvalue weighted by atomic mass is 16.6. The Kier molecular flexibility index (Phi) is 10.3. The zero-order chi connectivity index (χ0) is 24.5. The number of hydrogen-bond donors (Lipinski definition) is 1. The van der Waals surface area contributed by atoms with E-state index in [2.05, 4.69) is 16.1 Å². The van der Waals surface area contributed by atoms with E-state index >= 15 is 0 Å². The SMILES string of the molecule is [C-]#[N+][C@H]1C[C@@H](/C=C\C)[C@H]([C@@H](NC(=O)CCC#C)[C@](C)(CCC)OC)N1C(=O)OC(C)(C)C. The van der Waals surface area contributed by atoms with Crippen LogP contribution in [0.25, 0.3) is 4.85 Å². The molecule has 0 radical (unpaired) electrons. The lowest BCUT2D eigenvalue weighted by Crippen LogP contribution is -2.64. The normalized spacial score (nSPS) is 23.8. The van der Waals surface area contributed by atoms with Gasteiger partial charge in [-0.1, -0.05) is 25.5 Å². The Labute approximate surface area is 193 Å². The molecule has 32 heavy (non-hydrogen) atoms. The molecule has 0 saturated carbocycles. The lowest BCUT2D eigenvalue weighted by atomic mass is 9.80. The molecule has 178 valence electrons. The van der Waals surface area contributed by atoms with Gasteiger partial charge in [0.1, 0.15) is 5.60 Å². The zero-order valence-corrected chi connectivity index (χ0v) is 20.6. The van der Waals surface area contributed by atoms with Crippen LogP contribution in [0, 0.1) is 24.8 Å². The van der Waals surface area contributed by atoms with Gasteiger partial charge in [-0.05, 0) is 41.0 Å². The molecule has 0 aromatic rings.